The Morgan fingerprint density at radius 2 is 2.04 bits per heavy atom. The molecule has 1 N–H and O–H groups in total. The highest BCUT2D eigenvalue weighted by atomic mass is 79.9. The van der Waals surface area contributed by atoms with Gasteiger partial charge in [0.25, 0.3) is 5.91 Å². The molecule has 0 radical (unpaired) electrons. The molecule has 124 valence electrons. The second-order valence-corrected chi connectivity index (χ2v) is 7.05. The number of nitrogens with one attached hydrogen (secondary N) is 1. The first-order valence-electron chi connectivity index (χ1n) is 7.63. The molecule has 1 aliphatic heterocycles. The van der Waals surface area contributed by atoms with Gasteiger partial charge in [0.2, 0.25) is 5.91 Å². The molecule has 6 heteroatoms. The molecule has 24 heavy (non-hydrogen) atoms. The molecule has 0 spiro atoms. The maximum Gasteiger partial charge on any atom is 0.257 e. The van der Waals surface area contributed by atoms with E-state index in [-0.39, 0.29) is 11.8 Å². The number of amides is 2. The minimum Gasteiger partial charge on any atom is -0.322 e. The number of benzene rings is 2. The Hall–Kier alpha value is -1.85. The van der Waals surface area contributed by atoms with Crippen LogP contribution in [0.3, 0.4) is 0 Å². The molecule has 2 amide bonds. The SMILES string of the molecule is Cc1cc(NC(=O)c2cc(Br)ccc2Cl)ccc1N1CCCC1=O. The van der Waals surface area contributed by atoms with E-state index in [0.717, 1.165) is 28.7 Å². The molecule has 0 saturated carbocycles. The van der Waals surface area contributed by atoms with Crippen LogP contribution in [0.2, 0.25) is 5.02 Å². The second-order valence-electron chi connectivity index (χ2n) is 5.73. The number of aryl methyl sites for hydroxylation is 1. The van der Waals surface area contributed by atoms with E-state index in [9.17, 15) is 9.59 Å². The minimum atomic E-state index is -0.273. The van der Waals surface area contributed by atoms with Gasteiger partial charge in [0, 0.05) is 28.8 Å². The quantitative estimate of drug-likeness (QED) is 0.795. The maximum absolute atomic E-state index is 12.4. The van der Waals surface area contributed by atoms with Crippen molar-refractivity contribution in [3.8, 4) is 0 Å². The molecule has 1 saturated heterocycles. The van der Waals surface area contributed by atoms with E-state index in [1.54, 1.807) is 29.2 Å². The highest BCUT2D eigenvalue weighted by Crippen LogP contribution is 2.28. The number of nitrogens with zero attached hydrogens (tertiary/aromatic N) is 1. The Bertz CT molecular complexity index is 823. The lowest BCUT2D eigenvalue weighted by Gasteiger charge is -2.19. The largest absolute Gasteiger partial charge is 0.322 e. The van der Waals surface area contributed by atoms with Crippen molar-refractivity contribution >= 4 is 50.7 Å². The number of hydrogen-bond acceptors (Lipinski definition) is 2. The molecular formula is C18H16BrClN2O2. The van der Waals surface area contributed by atoms with Gasteiger partial charge >= 0.3 is 0 Å². The summed E-state index contributed by atoms with van der Waals surface area (Å²) >= 11 is 9.43. The normalized spacial score (nSPS) is 14.1. The van der Waals surface area contributed by atoms with Crippen LogP contribution in [-0.2, 0) is 4.79 Å². The first-order chi connectivity index (χ1) is 11.5. The summed E-state index contributed by atoms with van der Waals surface area (Å²) in [6.07, 6.45) is 1.48. The summed E-state index contributed by atoms with van der Waals surface area (Å²) in [6.45, 7) is 2.68. The zero-order chi connectivity index (χ0) is 17.3. The molecule has 0 bridgehead atoms. The van der Waals surface area contributed by atoms with Gasteiger partial charge in [0.1, 0.15) is 0 Å². The van der Waals surface area contributed by atoms with Crippen molar-refractivity contribution in [2.45, 2.75) is 19.8 Å². The fourth-order valence-electron chi connectivity index (χ4n) is 2.81. The highest BCUT2D eigenvalue weighted by Gasteiger charge is 2.23. The lowest BCUT2D eigenvalue weighted by atomic mass is 10.1. The summed E-state index contributed by atoms with van der Waals surface area (Å²) in [7, 11) is 0. The van der Waals surface area contributed by atoms with Crippen LogP contribution in [0.1, 0.15) is 28.8 Å². The van der Waals surface area contributed by atoms with Crippen LogP contribution in [0.25, 0.3) is 0 Å². The van der Waals surface area contributed by atoms with Crippen LogP contribution in [0.15, 0.2) is 40.9 Å². The van der Waals surface area contributed by atoms with E-state index < -0.39 is 0 Å². The Balaban J connectivity index is 1.81. The van der Waals surface area contributed by atoms with Crippen molar-refractivity contribution in [3.63, 3.8) is 0 Å². The Morgan fingerprint density at radius 1 is 1.25 bits per heavy atom. The third-order valence-electron chi connectivity index (χ3n) is 3.99. The monoisotopic (exact) mass is 406 g/mol. The Kier molecular flexibility index (Phi) is 4.92. The van der Waals surface area contributed by atoms with Crippen molar-refractivity contribution in [3.05, 3.63) is 57.0 Å². The van der Waals surface area contributed by atoms with E-state index in [1.807, 2.05) is 19.1 Å². The summed E-state index contributed by atoms with van der Waals surface area (Å²) in [6, 6.07) is 10.7. The van der Waals surface area contributed by atoms with Gasteiger partial charge < -0.3 is 10.2 Å². The molecule has 2 aromatic rings. The Labute approximate surface area is 153 Å². The van der Waals surface area contributed by atoms with Crippen LogP contribution >= 0.6 is 27.5 Å². The lowest BCUT2D eigenvalue weighted by molar-refractivity contribution is -0.117. The van der Waals surface area contributed by atoms with Crippen LogP contribution in [0.4, 0.5) is 11.4 Å². The number of hydrogen-bond donors (Lipinski definition) is 1. The second kappa shape index (κ2) is 6.95. The van der Waals surface area contributed by atoms with Crippen LogP contribution in [0, 0.1) is 6.92 Å². The first-order valence-corrected chi connectivity index (χ1v) is 8.80. The zero-order valence-corrected chi connectivity index (χ0v) is 15.4. The van der Waals surface area contributed by atoms with Crippen LogP contribution in [-0.4, -0.2) is 18.4 Å². The van der Waals surface area contributed by atoms with Crippen molar-refractivity contribution < 1.29 is 9.59 Å². The zero-order valence-electron chi connectivity index (χ0n) is 13.1. The molecule has 1 aliphatic rings. The minimum absolute atomic E-state index is 0.149. The number of carbonyl (C=O) groups excluding carboxylic acids is 2. The molecule has 4 nitrogen and oxygen atoms in total. The van der Waals surface area contributed by atoms with E-state index in [4.69, 9.17) is 11.6 Å². The molecule has 3 rings (SSSR count). The van der Waals surface area contributed by atoms with Crippen LogP contribution < -0.4 is 10.2 Å². The molecule has 0 aliphatic carbocycles. The van der Waals surface area contributed by atoms with E-state index >= 15 is 0 Å². The predicted octanol–water partition coefficient (Wildman–Crippen LogP) is 4.79. The molecular weight excluding hydrogens is 392 g/mol. The van der Waals surface area contributed by atoms with Gasteiger partial charge in [0.05, 0.1) is 10.6 Å². The van der Waals surface area contributed by atoms with Gasteiger partial charge in [0.15, 0.2) is 0 Å². The molecule has 0 unspecified atom stereocenters. The third-order valence-corrected chi connectivity index (χ3v) is 4.81. The average molecular weight is 408 g/mol. The topological polar surface area (TPSA) is 49.4 Å². The molecule has 0 atom stereocenters. The number of carbonyl (C=O) groups is 2. The molecule has 0 aromatic heterocycles. The van der Waals surface area contributed by atoms with Crippen LogP contribution in [0.5, 0.6) is 0 Å². The van der Waals surface area contributed by atoms with E-state index in [1.165, 1.54) is 0 Å². The predicted molar refractivity (Wildman–Crippen MR) is 99.9 cm³/mol. The highest BCUT2D eigenvalue weighted by molar-refractivity contribution is 9.10. The van der Waals surface area contributed by atoms with Crippen molar-refractivity contribution in [2.24, 2.45) is 0 Å². The smallest absolute Gasteiger partial charge is 0.257 e. The molecule has 2 aromatic carbocycles. The first kappa shape index (κ1) is 17.0. The fraction of sp³-hybridized carbons (Fsp3) is 0.222. The van der Waals surface area contributed by atoms with Gasteiger partial charge in [-0.25, -0.2) is 0 Å². The number of anilines is 2. The average Bonchev–Trinajstić information content (AvgIpc) is 2.96. The molecule has 1 fully saturated rings. The summed E-state index contributed by atoms with van der Waals surface area (Å²) in [5.74, 6) is -0.124. The van der Waals surface area contributed by atoms with Gasteiger partial charge in [-0.2, -0.15) is 0 Å². The Morgan fingerprint density at radius 3 is 2.71 bits per heavy atom. The molecule has 1 heterocycles. The van der Waals surface area contributed by atoms with Crippen molar-refractivity contribution in [2.75, 3.05) is 16.8 Å². The van der Waals surface area contributed by atoms with Gasteiger partial charge in [-0.05, 0) is 55.3 Å². The third kappa shape index (κ3) is 3.47. The van der Waals surface area contributed by atoms with Crippen molar-refractivity contribution in [1.29, 1.82) is 0 Å². The summed E-state index contributed by atoms with van der Waals surface area (Å²) < 4.78 is 0.788. The lowest BCUT2D eigenvalue weighted by Crippen LogP contribution is -2.24. The maximum atomic E-state index is 12.4. The summed E-state index contributed by atoms with van der Waals surface area (Å²) in [5.41, 5.74) is 2.92. The number of rotatable bonds is 3. The van der Waals surface area contributed by atoms with Gasteiger partial charge in [-0.15, -0.1) is 0 Å². The standard InChI is InChI=1S/C18H16BrClN2O2/c1-11-9-13(5-7-16(11)22-8-2-3-17(22)23)21-18(24)14-10-12(19)4-6-15(14)20/h4-7,9-10H,2-3,8H2,1H3,(H,21,24). The number of halogens is 2. The fourth-order valence-corrected chi connectivity index (χ4v) is 3.37. The van der Waals surface area contributed by atoms with Gasteiger partial charge in [-0.1, -0.05) is 27.5 Å². The van der Waals surface area contributed by atoms with Gasteiger partial charge in [-0.3, -0.25) is 9.59 Å². The van der Waals surface area contributed by atoms with Crippen molar-refractivity contribution in [1.82, 2.24) is 0 Å². The van der Waals surface area contributed by atoms with E-state index in [2.05, 4.69) is 21.2 Å². The summed E-state index contributed by atoms with van der Waals surface area (Å²) in [5, 5.41) is 3.24. The van der Waals surface area contributed by atoms with E-state index in [0.29, 0.717) is 22.7 Å². The summed E-state index contributed by atoms with van der Waals surface area (Å²) in [4.78, 5) is 26.1.